The van der Waals surface area contributed by atoms with Crippen molar-refractivity contribution in [1.29, 1.82) is 0 Å². The zero-order valence-electron chi connectivity index (χ0n) is 26.4. The number of rotatable bonds is 13. The number of para-hydroxylation sites is 1. The van der Waals surface area contributed by atoms with Gasteiger partial charge in [-0.2, -0.15) is 8.70 Å². The van der Waals surface area contributed by atoms with Crippen molar-refractivity contribution in [2.75, 3.05) is 24.8 Å². The Hall–Kier alpha value is -3.54. The molecule has 1 heterocycles. The van der Waals surface area contributed by atoms with Crippen LogP contribution >= 0.6 is 11.8 Å². The van der Waals surface area contributed by atoms with Crippen LogP contribution in [-0.4, -0.2) is 49.2 Å². The summed E-state index contributed by atoms with van der Waals surface area (Å²) in [7, 11) is -2.62. The number of thioether (sulfide) groups is 1. The largest absolute Gasteiger partial charge is 0.497 e. The van der Waals surface area contributed by atoms with Crippen molar-refractivity contribution in [3.63, 3.8) is 0 Å². The summed E-state index contributed by atoms with van der Waals surface area (Å²) in [4.78, 5) is 14.0. The van der Waals surface area contributed by atoms with Crippen LogP contribution in [0.3, 0.4) is 0 Å². The lowest BCUT2D eigenvalue weighted by Crippen LogP contribution is -2.54. The van der Waals surface area contributed by atoms with Crippen molar-refractivity contribution in [1.82, 2.24) is 4.31 Å². The van der Waals surface area contributed by atoms with E-state index in [1.165, 1.54) is 17.8 Å². The average molecular weight is 657 g/mol. The molecule has 0 radical (unpaired) electrons. The van der Waals surface area contributed by atoms with E-state index in [9.17, 15) is 14.3 Å². The maximum absolute atomic E-state index is 15.0. The molecule has 0 aromatic heterocycles. The number of nitrogens with zero attached hydrogens (tertiary/aromatic N) is 2. The SMILES string of the molecule is CCCCC1(CC)CN(c2ccccc2)c2cc(SC)c(O/C(CC)=C(\F)C(=O)O)cc2S(=O)(=O)N1Cc1ccc(OC)cc1. The Balaban J connectivity index is 2.02. The van der Waals surface area contributed by atoms with Crippen molar-refractivity contribution >= 4 is 39.1 Å². The molecule has 0 aliphatic carbocycles. The molecule has 1 atom stereocenters. The minimum absolute atomic E-state index is 0.00525. The second-order valence-electron chi connectivity index (χ2n) is 10.9. The molecule has 242 valence electrons. The summed E-state index contributed by atoms with van der Waals surface area (Å²) < 4.78 is 57.5. The molecule has 0 bridgehead atoms. The number of allylic oxidation sites excluding steroid dienone is 1. The standard InChI is InChI=1S/C34H41FN2O6S2/c1-6-9-19-34(8-3)23-36(25-13-11-10-12-14-25)27-20-30(44-5)29(43-28(7-2)32(35)33(38)39)21-31(27)45(40,41)37(34)22-24-15-17-26(42-4)18-16-24/h10-18,20-21H,6-9,19,22-23H2,1-5H3,(H,38,39)/b32-28-. The Morgan fingerprint density at radius 3 is 2.31 bits per heavy atom. The van der Waals surface area contributed by atoms with Crippen LogP contribution in [-0.2, 0) is 21.4 Å². The molecule has 0 amide bonds. The van der Waals surface area contributed by atoms with E-state index in [1.54, 1.807) is 24.4 Å². The van der Waals surface area contributed by atoms with Crippen LogP contribution in [0.4, 0.5) is 15.8 Å². The summed E-state index contributed by atoms with van der Waals surface area (Å²) in [5, 5.41) is 9.29. The Morgan fingerprint density at radius 2 is 1.76 bits per heavy atom. The van der Waals surface area contributed by atoms with Gasteiger partial charge in [0.1, 0.15) is 22.2 Å². The van der Waals surface area contributed by atoms with Gasteiger partial charge in [0.15, 0.2) is 0 Å². The van der Waals surface area contributed by atoms with Crippen LogP contribution in [0.15, 0.2) is 88.1 Å². The van der Waals surface area contributed by atoms with E-state index in [-0.39, 0.29) is 29.4 Å². The summed E-state index contributed by atoms with van der Waals surface area (Å²) in [6.07, 6.45) is 4.69. The summed E-state index contributed by atoms with van der Waals surface area (Å²) >= 11 is 1.31. The number of fused-ring (bicyclic) bond motifs is 1. The molecule has 0 spiro atoms. The van der Waals surface area contributed by atoms with E-state index in [4.69, 9.17) is 9.47 Å². The van der Waals surface area contributed by atoms with E-state index in [1.807, 2.05) is 67.8 Å². The van der Waals surface area contributed by atoms with Gasteiger partial charge in [0.2, 0.25) is 15.9 Å². The lowest BCUT2D eigenvalue weighted by molar-refractivity contribution is -0.134. The third kappa shape index (κ3) is 7.15. The van der Waals surface area contributed by atoms with E-state index in [0.29, 0.717) is 35.7 Å². The van der Waals surface area contributed by atoms with E-state index in [2.05, 4.69) is 11.8 Å². The fourth-order valence-corrected chi connectivity index (χ4v) is 8.27. The number of hydrogen-bond acceptors (Lipinski definition) is 7. The van der Waals surface area contributed by atoms with Gasteiger partial charge in [-0.3, -0.25) is 0 Å². The van der Waals surface area contributed by atoms with E-state index in [0.717, 1.165) is 24.1 Å². The molecule has 3 aromatic rings. The average Bonchev–Trinajstić information content (AvgIpc) is 3.13. The highest BCUT2D eigenvalue weighted by atomic mass is 32.2. The first-order chi connectivity index (χ1) is 21.5. The van der Waals surface area contributed by atoms with Crippen molar-refractivity contribution < 1.29 is 32.2 Å². The lowest BCUT2D eigenvalue weighted by atomic mass is 9.88. The third-order valence-electron chi connectivity index (χ3n) is 8.28. The summed E-state index contributed by atoms with van der Waals surface area (Å²) in [6.45, 7) is 6.22. The van der Waals surface area contributed by atoms with E-state index >= 15 is 8.42 Å². The van der Waals surface area contributed by atoms with E-state index < -0.39 is 27.4 Å². The molecule has 8 nitrogen and oxygen atoms in total. The molecule has 45 heavy (non-hydrogen) atoms. The van der Waals surface area contributed by atoms with Gasteiger partial charge < -0.3 is 19.5 Å². The number of carboxylic acid groups (broad SMARTS) is 1. The van der Waals surface area contributed by atoms with Gasteiger partial charge in [0, 0.05) is 31.3 Å². The molecular formula is C34H41FN2O6S2. The smallest absolute Gasteiger partial charge is 0.368 e. The zero-order valence-corrected chi connectivity index (χ0v) is 28.0. The molecule has 1 aliphatic rings. The maximum Gasteiger partial charge on any atom is 0.368 e. The van der Waals surface area contributed by atoms with Crippen LogP contribution in [0.1, 0.15) is 58.4 Å². The van der Waals surface area contributed by atoms with Crippen molar-refractivity contribution in [3.05, 3.63) is 83.9 Å². The zero-order chi connectivity index (χ0) is 32.8. The number of anilines is 2. The Morgan fingerprint density at radius 1 is 1.07 bits per heavy atom. The number of unbranched alkanes of at least 4 members (excludes halogenated alkanes) is 1. The van der Waals surface area contributed by atoms with Crippen molar-refractivity contribution in [2.24, 2.45) is 0 Å². The van der Waals surface area contributed by atoms with Crippen LogP contribution in [0.5, 0.6) is 11.5 Å². The minimum Gasteiger partial charge on any atom is -0.497 e. The first kappa shape index (κ1) is 34.3. The number of halogens is 1. The third-order valence-corrected chi connectivity index (χ3v) is 11.0. The number of hydrogen-bond donors (Lipinski definition) is 1. The quantitative estimate of drug-likeness (QED) is 0.112. The molecule has 0 saturated carbocycles. The number of benzene rings is 3. The monoisotopic (exact) mass is 656 g/mol. The number of carboxylic acids is 1. The molecular weight excluding hydrogens is 616 g/mol. The highest BCUT2D eigenvalue weighted by Crippen LogP contribution is 2.48. The first-order valence-corrected chi connectivity index (χ1v) is 17.7. The Bertz CT molecular complexity index is 1630. The molecule has 0 saturated heterocycles. The highest BCUT2D eigenvalue weighted by molar-refractivity contribution is 7.98. The molecule has 11 heteroatoms. The molecule has 0 fully saturated rings. The fourth-order valence-electron chi connectivity index (χ4n) is 5.71. The lowest BCUT2D eigenvalue weighted by Gasteiger charge is -2.43. The minimum atomic E-state index is -4.21. The normalized spacial score (nSPS) is 18.5. The summed E-state index contributed by atoms with van der Waals surface area (Å²) in [5.74, 6) is -2.80. The van der Waals surface area contributed by atoms with Gasteiger partial charge >= 0.3 is 5.97 Å². The second-order valence-corrected chi connectivity index (χ2v) is 13.6. The molecule has 1 N–H and O–H groups in total. The topological polar surface area (TPSA) is 96.4 Å². The fraction of sp³-hybridized carbons (Fsp3) is 0.382. The Kier molecular flexibility index (Phi) is 11.2. The van der Waals surface area contributed by atoms with Gasteiger partial charge in [-0.15, -0.1) is 11.8 Å². The molecule has 1 unspecified atom stereocenters. The number of carbonyl (C=O) groups is 1. The number of ether oxygens (including phenoxy) is 2. The molecule has 1 aliphatic heterocycles. The van der Waals surface area contributed by atoms with Gasteiger partial charge in [0.05, 0.1) is 23.2 Å². The number of sulfonamides is 1. The summed E-state index contributed by atoms with van der Waals surface area (Å²) in [5.41, 5.74) is 1.33. The first-order valence-electron chi connectivity index (χ1n) is 15.0. The van der Waals surface area contributed by atoms with Crippen LogP contribution in [0, 0.1) is 0 Å². The Labute approximate surface area is 269 Å². The number of methoxy groups -OCH3 is 1. The van der Waals surface area contributed by atoms with Crippen molar-refractivity contribution in [3.8, 4) is 11.5 Å². The maximum atomic E-state index is 15.0. The van der Waals surface area contributed by atoms with Gasteiger partial charge in [-0.25, -0.2) is 13.2 Å². The van der Waals surface area contributed by atoms with Crippen LogP contribution in [0.2, 0.25) is 0 Å². The van der Waals surface area contributed by atoms with Crippen LogP contribution < -0.4 is 14.4 Å². The molecule has 3 aromatic carbocycles. The summed E-state index contributed by atoms with van der Waals surface area (Å²) in [6, 6.07) is 20.2. The van der Waals surface area contributed by atoms with Gasteiger partial charge in [0.25, 0.3) is 0 Å². The van der Waals surface area contributed by atoms with Crippen LogP contribution in [0.25, 0.3) is 0 Å². The number of aliphatic carboxylic acids is 1. The second kappa shape index (κ2) is 14.7. The highest BCUT2D eigenvalue weighted by Gasteiger charge is 2.48. The van der Waals surface area contributed by atoms with Crippen molar-refractivity contribution in [2.45, 2.75) is 74.7 Å². The predicted molar refractivity (Wildman–Crippen MR) is 177 cm³/mol. The van der Waals surface area contributed by atoms with Gasteiger partial charge in [-0.1, -0.05) is 63.9 Å². The predicted octanol–water partition coefficient (Wildman–Crippen LogP) is 8.15. The van der Waals surface area contributed by atoms with Gasteiger partial charge in [-0.05, 0) is 55.0 Å². The molecule has 4 rings (SSSR count).